The molecule has 0 aliphatic carbocycles. The number of hydrogen-bond acceptors (Lipinski definition) is 7. The van der Waals surface area contributed by atoms with Crippen LogP contribution >= 0.6 is 0 Å². The monoisotopic (exact) mass is 463 g/mol. The zero-order valence-corrected chi connectivity index (χ0v) is 18.9. The number of aromatic amines is 1. The van der Waals surface area contributed by atoms with E-state index in [0.717, 1.165) is 22.0 Å². The van der Waals surface area contributed by atoms with Gasteiger partial charge >= 0.3 is 0 Å². The summed E-state index contributed by atoms with van der Waals surface area (Å²) in [7, 11) is 1.77. The van der Waals surface area contributed by atoms with Crippen molar-refractivity contribution in [1.29, 1.82) is 0 Å². The van der Waals surface area contributed by atoms with Crippen LogP contribution < -0.4 is 9.47 Å². The van der Waals surface area contributed by atoms with Gasteiger partial charge in [-0.25, -0.2) is 0 Å². The molecular formula is C25H25N3O6. The largest absolute Gasteiger partial charge is 0.463 e. The normalized spacial score (nSPS) is 17.7. The first-order valence-corrected chi connectivity index (χ1v) is 11.0. The summed E-state index contributed by atoms with van der Waals surface area (Å²) in [6.45, 7) is 1.43. The van der Waals surface area contributed by atoms with E-state index in [-0.39, 0.29) is 19.9 Å². The molecule has 2 aromatic carbocycles. The van der Waals surface area contributed by atoms with E-state index in [1.165, 1.54) is 4.90 Å². The zero-order chi connectivity index (χ0) is 23.8. The third kappa shape index (κ3) is 3.54. The number of benzene rings is 2. The predicted octanol–water partition coefficient (Wildman–Crippen LogP) is 2.63. The molecule has 2 aliphatic heterocycles. The highest BCUT2D eigenvalue weighted by atomic mass is 16.7. The van der Waals surface area contributed by atoms with Gasteiger partial charge in [0, 0.05) is 35.3 Å². The fourth-order valence-corrected chi connectivity index (χ4v) is 4.36. The first kappa shape index (κ1) is 21.8. The molecule has 3 aromatic rings. The quantitative estimate of drug-likeness (QED) is 0.519. The maximum absolute atomic E-state index is 13.8. The Morgan fingerprint density at radius 1 is 1.26 bits per heavy atom. The number of amides is 1. The average Bonchev–Trinajstić information content (AvgIpc) is 3.57. The van der Waals surface area contributed by atoms with Crippen molar-refractivity contribution >= 4 is 28.9 Å². The van der Waals surface area contributed by atoms with Gasteiger partial charge < -0.3 is 38.9 Å². The molecule has 0 bridgehead atoms. The Morgan fingerprint density at radius 2 is 2.06 bits per heavy atom. The van der Waals surface area contributed by atoms with Gasteiger partial charge in [0.15, 0.2) is 23.5 Å². The number of likely N-dealkylation sites (N-methyl/N-ethyl adjacent to an activating group) is 1. The molecule has 0 radical (unpaired) electrons. The van der Waals surface area contributed by atoms with Crippen LogP contribution in [0.2, 0.25) is 0 Å². The van der Waals surface area contributed by atoms with E-state index < -0.39 is 18.2 Å². The molecule has 2 aliphatic rings. The zero-order valence-electron chi connectivity index (χ0n) is 18.9. The van der Waals surface area contributed by atoms with E-state index in [2.05, 4.69) is 4.98 Å². The van der Waals surface area contributed by atoms with Crippen LogP contribution in [-0.4, -0.2) is 65.1 Å². The van der Waals surface area contributed by atoms with Gasteiger partial charge in [0.25, 0.3) is 5.91 Å². The molecule has 3 heterocycles. The summed E-state index contributed by atoms with van der Waals surface area (Å²) in [5, 5.41) is 10.6. The first-order chi connectivity index (χ1) is 16.5. The van der Waals surface area contributed by atoms with Crippen LogP contribution in [0.3, 0.4) is 0 Å². The second-order valence-corrected chi connectivity index (χ2v) is 8.28. The van der Waals surface area contributed by atoms with Crippen molar-refractivity contribution in [3.8, 4) is 11.5 Å². The molecule has 1 unspecified atom stereocenters. The van der Waals surface area contributed by atoms with Gasteiger partial charge in [-0.15, -0.1) is 0 Å². The number of carbonyl (C=O) groups is 2. The highest BCUT2D eigenvalue weighted by Gasteiger charge is 2.40. The number of hydrogen-bond donors (Lipinski definition) is 2. The third-order valence-corrected chi connectivity index (χ3v) is 6.20. The van der Waals surface area contributed by atoms with E-state index >= 15 is 0 Å². The lowest BCUT2D eigenvalue weighted by molar-refractivity contribution is -0.133. The number of H-pyrrole nitrogens is 1. The fraction of sp³-hybridized carbons (Fsp3) is 0.280. The Morgan fingerprint density at radius 3 is 2.85 bits per heavy atom. The smallest absolute Gasteiger partial charge is 0.274 e. The van der Waals surface area contributed by atoms with Crippen LogP contribution in [0.25, 0.3) is 16.7 Å². The average molecular weight is 463 g/mol. The number of fused-ring (bicyclic) bond motifs is 2. The van der Waals surface area contributed by atoms with Crippen molar-refractivity contribution in [3.05, 3.63) is 65.5 Å². The number of ether oxygens (including phenoxy) is 3. The summed E-state index contributed by atoms with van der Waals surface area (Å²) in [5.41, 5.74) is 2.72. The minimum Gasteiger partial charge on any atom is -0.463 e. The number of para-hydroxylation sites is 1. The molecule has 34 heavy (non-hydrogen) atoms. The van der Waals surface area contributed by atoms with Crippen LogP contribution in [0.15, 0.2) is 54.4 Å². The third-order valence-electron chi connectivity index (χ3n) is 6.20. The Balaban J connectivity index is 1.61. The molecule has 176 valence electrons. The minimum absolute atomic E-state index is 0.145. The summed E-state index contributed by atoms with van der Waals surface area (Å²) < 4.78 is 17.4. The number of aliphatic hydroxyl groups excluding tert-OH is 1. The summed E-state index contributed by atoms with van der Waals surface area (Å²) in [5.74, 6) is 1.26. The van der Waals surface area contributed by atoms with Gasteiger partial charge in [0.05, 0.1) is 19.2 Å². The molecule has 0 saturated heterocycles. The Hall–Kier alpha value is -3.98. The van der Waals surface area contributed by atoms with E-state index in [1.807, 2.05) is 48.7 Å². The Labute approximate surface area is 196 Å². The van der Waals surface area contributed by atoms with Gasteiger partial charge in [-0.3, -0.25) is 4.79 Å². The SMILES string of the molecule is C[C@@H](CO)N(CC=O)C(=O)C1=C(c2c[nH]c3ccccc23)OC(c2ccc3c(c2)OCO3)N1C. The standard InChI is InChI=1S/C25H25N3O6/c1-15(13-30)28(9-10-29)24(31)22-23(18-12-26-19-6-4-3-5-17(18)19)34-25(27(22)2)16-7-8-20-21(11-16)33-14-32-20/h3-8,10-12,15,25-26,30H,9,13-14H2,1-2H3/t15-,25?/m0/s1. The lowest BCUT2D eigenvalue weighted by Gasteiger charge is -2.29. The number of carbonyl (C=O) groups excluding carboxylic acids is 2. The second kappa shape index (κ2) is 8.75. The number of nitrogens with one attached hydrogen (secondary N) is 1. The van der Waals surface area contributed by atoms with Gasteiger partial charge in [0.1, 0.15) is 12.0 Å². The molecule has 2 N–H and O–H groups in total. The first-order valence-electron chi connectivity index (χ1n) is 11.0. The molecule has 2 atom stereocenters. The van der Waals surface area contributed by atoms with Crippen LogP contribution in [0, 0.1) is 0 Å². The fourth-order valence-electron chi connectivity index (χ4n) is 4.36. The Bertz CT molecular complexity index is 1280. The summed E-state index contributed by atoms with van der Waals surface area (Å²) in [4.78, 5) is 31.4. The van der Waals surface area contributed by atoms with E-state index in [4.69, 9.17) is 14.2 Å². The maximum atomic E-state index is 13.8. The molecule has 0 saturated carbocycles. The number of nitrogens with zero attached hydrogens (tertiary/aromatic N) is 2. The molecule has 5 rings (SSSR count). The summed E-state index contributed by atoms with van der Waals surface area (Å²) >= 11 is 0. The van der Waals surface area contributed by atoms with Gasteiger partial charge in [-0.1, -0.05) is 18.2 Å². The van der Waals surface area contributed by atoms with Crippen molar-refractivity contribution in [1.82, 2.24) is 14.8 Å². The molecule has 1 aromatic heterocycles. The van der Waals surface area contributed by atoms with E-state index in [9.17, 15) is 14.7 Å². The lowest BCUT2D eigenvalue weighted by Crippen LogP contribution is -2.44. The highest BCUT2D eigenvalue weighted by molar-refractivity contribution is 6.04. The van der Waals surface area contributed by atoms with E-state index in [0.29, 0.717) is 29.2 Å². The van der Waals surface area contributed by atoms with Crippen molar-refractivity contribution in [2.24, 2.45) is 0 Å². The molecule has 0 spiro atoms. The lowest BCUT2D eigenvalue weighted by atomic mass is 10.1. The number of aldehydes is 1. The summed E-state index contributed by atoms with van der Waals surface area (Å²) in [6.07, 6.45) is 1.85. The molecule has 9 nitrogen and oxygen atoms in total. The van der Waals surface area contributed by atoms with Crippen LogP contribution in [0.5, 0.6) is 11.5 Å². The van der Waals surface area contributed by atoms with Crippen LogP contribution in [0.1, 0.15) is 24.3 Å². The van der Waals surface area contributed by atoms with Gasteiger partial charge in [0.2, 0.25) is 6.79 Å². The van der Waals surface area contributed by atoms with Crippen molar-refractivity contribution in [2.45, 2.75) is 19.2 Å². The van der Waals surface area contributed by atoms with Gasteiger partial charge in [-0.05, 0) is 31.2 Å². The Kier molecular flexibility index (Phi) is 5.62. The van der Waals surface area contributed by atoms with Gasteiger partial charge in [-0.2, -0.15) is 0 Å². The molecule has 1 amide bonds. The minimum atomic E-state index is -0.611. The van der Waals surface area contributed by atoms with Crippen LogP contribution in [0.4, 0.5) is 0 Å². The highest BCUT2D eigenvalue weighted by Crippen LogP contribution is 2.44. The van der Waals surface area contributed by atoms with Crippen molar-refractivity contribution in [2.75, 3.05) is 27.0 Å². The maximum Gasteiger partial charge on any atom is 0.274 e. The molecular weight excluding hydrogens is 438 g/mol. The predicted molar refractivity (Wildman–Crippen MR) is 124 cm³/mol. The number of aliphatic hydroxyl groups is 1. The van der Waals surface area contributed by atoms with Crippen molar-refractivity contribution < 1.29 is 28.9 Å². The topological polar surface area (TPSA) is 104 Å². The molecule has 0 fully saturated rings. The number of aromatic nitrogens is 1. The molecule has 9 heteroatoms. The second-order valence-electron chi connectivity index (χ2n) is 8.28. The summed E-state index contributed by atoms with van der Waals surface area (Å²) in [6, 6.07) is 12.7. The van der Waals surface area contributed by atoms with Crippen molar-refractivity contribution in [3.63, 3.8) is 0 Å². The van der Waals surface area contributed by atoms with E-state index in [1.54, 1.807) is 18.9 Å². The number of rotatable bonds is 7. The van der Waals surface area contributed by atoms with Crippen LogP contribution in [-0.2, 0) is 14.3 Å².